The van der Waals surface area contributed by atoms with E-state index in [1.165, 1.54) is 0 Å². The summed E-state index contributed by atoms with van der Waals surface area (Å²) in [5.74, 6) is 0.395. The number of nitrogens with one attached hydrogen (secondary N) is 3. The van der Waals surface area contributed by atoms with Crippen LogP contribution in [-0.2, 0) is 9.47 Å². The average molecular weight is 485 g/mol. The van der Waals surface area contributed by atoms with Crippen molar-refractivity contribution in [3.05, 3.63) is 46.7 Å². The number of methoxy groups -OCH3 is 1. The van der Waals surface area contributed by atoms with E-state index < -0.39 is 0 Å². The van der Waals surface area contributed by atoms with E-state index in [4.69, 9.17) is 31.5 Å². The number of nitrogen functional groups attached to an aromatic ring is 1. The van der Waals surface area contributed by atoms with Crippen molar-refractivity contribution in [1.29, 1.82) is 0 Å². The molecule has 2 aliphatic rings. The van der Waals surface area contributed by atoms with Gasteiger partial charge in [-0.25, -0.2) is 9.97 Å². The molecule has 11 heteroatoms. The molecule has 1 fully saturated rings. The number of benzene rings is 1. The lowest BCUT2D eigenvalue weighted by Gasteiger charge is -2.29. The summed E-state index contributed by atoms with van der Waals surface area (Å²) >= 11 is 6.34. The maximum Gasteiger partial charge on any atom is 0.255 e. The van der Waals surface area contributed by atoms with Crippen LogP contribution in [0.2, 0.25) is 5.02 Å². The van der Waals surface area contributed by atoms with Crippen molar-refractivity contribution < 1.29 is 19.0 Å². The average Bonchev–Trinajstić information content (AvgIpc) is 3.22. The number of H-pyrrole nitrogens is 1. The van der Waals surface area contributed by atoms with Gasteiger partial charge in [0.25, 0.3) is 5.91 Å². The number of carbonyl (C=O) groups is 1. The molecule has 0 unspecified atom stereocenters. The first-order valence-electron chi connectivity index (χ1n) is 11.0. The van der Waals surface area contributed by atoms with Gasteiger partial charge >= 0.3 is 0 Å². The van der Waals surface area contributed by atoms with Gasteiger partial charge in [-0.3, -0.25) is 4.79 Å². The smallest absolute Gasteiger partial charge is 0.255 e. The zero-order valence-corrected chi connectivity index (χ0v) is 19.3. The van der Waals surface area contributed by atoms with E-state index in [0.29, 0.717) is 71.9 Å². The molecule has 0 radical (unpaired) electrons. The van der Waals surface area contributed by atoms with Gasteiger partial charge < -0.3 is 35.6 Å². The van der Waals surface area contributed by atoms with Crippen molar-refractivity contribution >= 4 is 34.8 Å². The van der Waals surface area contributed by atoms with Crippen LogP contribution >= 0.6 is 11.6 Å². The summed E-state index contributed by atoms with van der Waals surface area (Å²) in [5, 5.41) is 6.81. The summed E-state index contributed by atoms with van der Waals surface area (Å²) in [6.45, 7) is 2.17. The monoisotopic (exact) mass is 484 g/mol. The molecule has 3 aromatic rings. The Morgan fingerprint density at radius 1 is 1.32 bits per heavy atom. The van der Waals surface area contributed by atoms with Crippen molar-refractivity contribution in [2.24, 2.45) is 0 Å². The van der Waals surface area contributed by atoms with Crippen molar-refractivity contribution in [1.82, 2.24) is 20.3 Å². The van der Waals surface area contributed by atoms with E-state index in [0.717, 1.165) is 5.69 Å². The summed E-state index contributed by atoms with van der Waals surface area (Å²) in [5.41, 5.74) is 9.49. The molecule has 1 aromatic carbocycles. The molecule has 0 bridgehead atoms. The number of para-hydroxylation sites is 1. The highest BCUT2D eigenvalue weighted by molar-refractivity contribution is 6.32. The zero-order valence-electron chi connectivity index (χ0n) is 18.6. The highest BCUT2D eigenvalue weighted by atomic mass is 35.5. The van der Waals surface area contributed by atoms with E-state index in [1.807, 2.05) is 6.07 Å². The first kappa shape index (κ1) is 22.5. The number of nitrogens with two attached hydrogens (primary N) is 1. The predicted octanol–water partition coefficient (Wildman–Crippen LogP) is 3.09. The Kier molecular flexibility index (Phi) is 6.27. The Hall–Kier alpha value is -3.34. The van der Waals surface area contributed by atoms with Crippen LogP contribution in [0.1, 0.15) is 28.4 Å². The largest absolute Gasteiger partial charge is 0.493 e. The van der Waals surface area contributed by atoms with Gasteiger partial charge in [0.1, 0.15) is 0 Å². The highest BCUT2D eigenvalue weighted by Crippen LogP contribution is 2.43. The number of ether oxygens (including phenoxy) is 3. The molecule has 2 aromatic heterocycles. The third kappa shape index (κ3) is 4.27. The molecule has 0 spiro atoms. The number of rotatable bonds is 6. The lowest BCUT2D eigenvalue weighted by atomic mass is 9.91. The number of aromatic nitrogens is 3. The molecule has 5 N–H and O–H groups in total. The fraction of sp³-hybridized carbons (Fsp3) is 0.348. The minimum absolute atomic E-state index is 0.00542. The van der Waals surface area contributed by atoms with Gasteiger partial charge in [0.15, 0.2) is 5.75 Å². The van der Waals surface area contributed by atoms with Crippen LogP contribution in [0.3, 0.4) is 0 Å². The molecule has 2 aliphatic heterocycles. The van der Waals surface area contributed by atoms with Gasteiger partial charge in [0, 0.05) is 24.4 Å². The molecule has 5 rings (SSSR count). The first-order chi connectivity index (χ1) is 16.5. The van der Waals surface area contributed by atoms with E-state index in [9.17, 15) is 4.79 Å². The topological polar surface area (TPSA) is 136 Å². The number of nitrogens with zero attached hydrogens (tertiary/aromatic N) is 2. The summed E-state index contributed by atoms with van der Waals surface area (Å²) in [7, 11) is 1.54. The summed E-state index contributed by atoms with van der Waals surface area (Å²) in [6, 6.07) is 7.10. The Morgan fingerprint density at radius 2 is 2.21 bits per heavy atom. The number of fused-ring (bicyclic) bond motifs is 1. The minimum atomic E-state index is -0.194. The number of halogens is 1. The van der Waals surface area contributed by atoms with E-state index in [1.54, 1.807) is 31.5 Å². The van der Waals surface area contributed by atoms with Crippen LogP contribution in [0.25, 0.3) is 11.4 Å². The molecule has 0 aliphatic carbocycles. The summed E-state index contributed by atoms with van der Waals surface area (Å²) in [4.78, 5) is 24.9. The molecule has 34 heavy (non-hydrogen) atoms. The number of hydrogen-bond acceptors (Lipinski definition) is 8. The lowest BCUT2D eigenvalue weighted by Crippen LogP contribution is -2.38. The summed E-state index contributed by atoms with van der Waals surface area (Å²) < 4.78 is 16.9. The minimum Gasteiger partial charge on any atom is -0.493 e. The van der Waals surface area contributed by atoms with Crippen LogP contribution < -0.4 is 21.1 Å². The first-order valence-corrected chi connectivity index (χ1v) is 11.3. The van der Waals surface area contributed by atoms with E-state index in [-0.39, 0.29) is 23.9 Å². The number of anilines is 3. The Morgan fingerprint density at radius 3 is 2.97 bits per heavy atom. The van der Waals surface area contributed by atoms with Crippen LogP contribution in [0.5, 0.6) is 5.75 Å². The molecule has 2 atom stereocenters. The SMILES string of the molecule is COc1c(Cl)cccc1Nc1c(-c2ccnc(N)n2)[nH]c2c1C(=O)NC[C@@H]2C[C@H]1COCCO1. The fourth-order valence-corrected chi connectivity index (χ4v) is 4.69. The molecule has 4 heterocycles. The lowest BCUT2D eigenvalue weighted by molar-refractivity contribution is -0.0928. The van der Waals surface area contributed by atoms with Crippen LogP contribution in [0.4, 0.5) is 17.3 Å². The van der Waals surface area contributed by atoms with Gasteiger partial charge in [-0.1, -0.05) is 17.7 Å². The molecular formula is C23H25ClN6O4. The van der Waals surface area contributed by atoms with Gasteiger partial charge in [-0.05, 0) is 24.6 Å². The molecule has 0 saturated carbocycles. The highest BCUT2D eigenvalue weighted by Gasteiger charge is 2.35. The predicted molar refractivity (Wildman–Crippen MR) is 128 cm³/mol. The van der Waals surface area contributed by atoms with Crippen molar-refractivity contribution in [2.45, 2.75) is 18.4 Å². The zero-order chi connectivity index (χ0) is 23.7. The molecule has 1 saturated heterocycles. The Labute approximate surface area is 201 Å². The van der Waals surface area contributed by atoms with Crippen molar-refractivity contribution in [3.8, 4) is 17.1 Å². The molecular weight excluding hydrogens is 460 g/mol. The van der Waals surface area contributed by atoms with Gasteiger partial charge in [0.2, 0.25) is 5.95 Å². The second-order valence-corrected chi connectivity index (χ2v) is 8.53. The maximum absolute atomic E-state index is 13.1. The number of hydrogen-bond donors (Lipinski definition) is 4. The number of amides is 1. The normalized spacial score (nSPS) is 19.9. The molecule has 178 valence electrons. The van der Waals surface area contributed by atoms with E-state index in [2.05, 4.69) is 25.6 Å². The second kappa shape index (κ2) is 9.49. The molecule has 1 amide bonds. The van der Waals surface area contributed by atoms with Crippen LogP contribution in [0.15, 0.2) is 30.5 Å². The van der Waals surface area contributed by atoms with Gasteiger partial charge in [-0.15, -0.1) is 0 Å². The van der Waals surface area contributed by atoms with Crippen LogP contribution in [0, 0.1) is 0 Å². The van der Waals surface area contributed by atoms with Gasteiger partial charge in [-0.2, -0.15) is 0 Å². The quantitative estimate of drug-likeness (QED) is 0.419. The van der Waals surface area contributed by atoms with Gasteiger partial charge in [0.05, 0.1) is 66.4 Å². The van der Waals surface area contributed by atoms with Crippen LogP contribution in [-0.4, -0.2) is 60.4 Å². The fourth-order valence-electron chi connectivity index (χ4n) is 4.44. The van der Waals surface area contributed by atoms with Crippen molar-refractivity contribution in [3.63, 3.8) is 0 Å². The third-order valence-electron chi connectivity index (χ3n) is 5.97. The summed E-state index contributed by atoms with van der Waals surface area (Å²) in [6.07, 6.45) is 2.22. The molecule has 10 nitrogen and oxygen atoms in total. The third-order valence-corrected chi connectivity index (χ3v) is 6.26. The Bertz CT molecular complexity index is 1210. The standard InChI is InChI=1S/C23H25ClN6O4/c1-32-21-14(24)3-2-4-16(21)28-20-17-18(30-19(20)15-5-6-26-23(25)29-15)12(10-27-22(17)31)9-13-11-33-7-8-34-13/h2-6,12-13,28,30H,7-11H2,1H3,(H,27,31)(H2,25,26,29)/t12-,13-/m0/s1. The Balaban J connectivity index is 1.62. The number of aromatic amines is 1. The van der Waals surface area contributed by atoms with E-state index >= 15 is 0 Å². The van der Waals surface area contributed by atoms with Crippen molar-refractivity contribution in [2.75, 3.05) is 44.5 Å². The second-order valence-electron chi connectivity index (χ2n) is 8.12. The maximum atomic E-state index is 13.1. The number of carbonyl (C=O) groups excluding carboxylic acids is 1.